The van der Waals surface area contributed by atoms with Crippen LogP contribution in [-0.2, 0) is 16.0 Å². The minimum Gasteiger partial charge on any atom is -0.507 e. The van der Waals surface area contributed by atoms with Crippen molar-refractivity contribution in [3.8, 4) is 11.5 Å². The molecule has 3 atom stereocenters. The number of hydrogen-bond donors (Lipinski definition) is 2. The highest BCUT2D eigenvalue weighted by Gasteiger charge is 2.36. The van der Waals surface area contributed by atoms with E-state index >= 15 is 0 Å². The highest BCUT2D eigenvalue weighted by Crippen LogP contribution is 2.51. The Balaban J connectivity index is 1.75. The maximum atomic E-state index is 11.7. The molecule has 0 spiro atoms. The summed E-state index contributed by atoms with van der Waals surface area (Å²) in [5, 5.41) is 21.4. The molecule has 1 aliphatic rings. The lowest BCUT2D eigenvalue weighted by molar-refractivity contribution is -0.140. The summed E-state index contributed by atoms with van der Waals surface area (Å²) in [6.07, 6.45) is 3.06. The van der Waals surface area contributed by atoms with Gasteiger partial charge in [-0.2, -0.15) is 11.8 Å². The molecule has 0 radical (unpaired) electrons. The first kappa shape index (κ1) is 28.2. The minimum atomic E-state index is -0.621. The number of esters is 1. The molecular weight excluding hydrogens is 480 g/mol. The van der Waals surface area contributed by atoms with E-state index in [1.807, 2.05) is 30.4 Å². The van der Waals surface area contributed by atoms with Gasteiger partial charge in [-0.25, -0.2) is 0 Å². The highest BCUT2D eigenvalue weighted by atomic mass is 32.2. The van der Waals surface area contributed by atoms with E-state index in [1.54, 1.807) is 23.9 Å². The second-order valence-corrected chi connectivity index (χ2v) is 13.0. The molecule has 33 heavy (non-hydrogen) atoms. The second-order valence-electron chi connectivity index (χ2n) is 8.36. The van der Waals surface area contributed by atoms with Crippen molar-refractivity contribution in [2.75, 3.05) is 31.0 Å². The molecule has 1 fully saturated rings. The molecule has 9 heteroatoms. The van der Waals surface area contributed by atoms with Gasteiger partial charge < -0.3 is 19.7 Å². The number of methoxy groups -OCH3 is 1. The van der Waals surface area contributed by atoms with Gasteiger partial charge in [-0.3, -0.25) is 9.59 Å². The number of benzene rings is 1. The van der Waals surface area contributed by atoms with Crippen molar-refractivity contribution in [2.24, 2.45) is 0 Å². The van der Waals surface area contributed by atoms with Crippen LogP contribution >= 0.6 is 35.3 Å². The maximum absolute atomic E-state index is 11.7. The van der Waals surface area contributed by atoms with Gasteiger partial charge in [-0.1, -0.05) is 13.3 Å². The van der Waals surface area contributed by atoms with Gasteiger partial charge in [-0.15, -0.1) is 23.5 Å². The number of hydrogen-bond acceptors (Lipinski definition) is 9. The number of Topliss-reactive ketones (excluding diaryl/α,β-unsaturated/α-hetero) is 1. The molecule has 186 valence electrons. The van der Waals surface area contributed by atoms with E-state index in [2.05, 4.69) is 6.92 Å². The first-order chi connectivity index (χ1) is 15.7. The Bertz CT molecular complexity index is 803. The first-order valence-corrected chi connectivity index (χ1v) is 14.3. The van der Waals surface area contributed by atoms with Crippen molar-refractivity contribution in [1.82, 2.24) is 0 Å². The molecule has 1 aromatic carbocycles. The molecule has 1 aliphatic heterocycles. The number of ether oxygens (including phenoxy) is 2. The van der Waals surface area contributed by atoms with Crippen LogP contribution in [0.5, 0.6) is 11.5 Å². The van der Waals surface area contributed by atoms with Crippen molar-refractivity contribution < 1.29 is 29.3 Å². The fourth-order valence-electron chi connectivity index (χ4n) is 3.66. The topological polar surface area (TPSA) is 93.1 Å². The third-order valence-corrected chi connectivity index (χ3v) is 10.5. The fourth-order valence-corrected chi connectivity index (χ4v) is 8.53. The number of aliphatic hydroxyl groups excluding tert-OH is 1. The summed E-state index contributed by atoms with van der Waals surface area (Å²) >= 11 is 5.64. The van der Waals surface area contributed by atoms with E-state index in [0.717, 1.165) is 30.8 Å². The van der Waals surface area contributed by atoms with Crippen LogP contribution in [0.1, 0.15) is 62.4 Å². The summed E-state index contributed by atoms with van der Waals surface area (Å²) in [6, 6.07) is 3.28. The number of aliphatic hydroxyl groups is 1. The van der Waals surface area contributed by atoms with Gasteiger partial charge >= 0.3 is 5.97 Å². The molecule has 1 saturated heterocycles. The SMILES string of the molecule is CCCc1c(OCC(O)CSCC2CSC(C)(CCCC(=O)OC)S2)ccc(C(C)=O)c1O. The number of aromatic hydroxyl groups is 1. The Kier molecular flexibility index (Phi) is 11.8. The molecule has 6 nitrogen and oxygen atoms in total. The van der Waals surface area contributed by atoms with Crippen LogP contribution in [0, 0.1) is 0 Å². The summed E-state index contributed by atoms with van der Waals surface area (Å²) < 4.78 is 10.7. The third-order valence-electron chi connectivity index (χ3n) is 5.39. The molecule has 2 rings (SSSR count). The summed E-state index contributed by atoms with van der Waals surface area (Å²) in [4.78, 5) is 23.0. The van der Waals surface area contributed by atoms with Crippen LogP contribution in [0.4, 0.5) is 0 Å². The Hall–Kier alpha value is -1.03. The van der Waals surface area contributed by atoms with Crippen LogP contribution in [0.25, 0.3) is 0 Å². The summed E-state index contributed by atoms with van der Waals surface area (Å²) in [5.74, 6) is 2.76. The lowest BCUT2D eigenvalue weighted by Crippen LogP contribution is -2.22. The van der Waals surface area contributed by atoms with E-state index in [4.69, 9.17) is 9.47 Å². The van der Waals surface area contributed by atoms with Crippen molar-refractivity contribution in [1.29, 1.82) is 0 Å². The Morgan fingerprint density at radius 3 is 2.79 bits per heavy atom. The van der Waals surface area contributed by atoms with Crippen LogP contribution in [0.2, 0.25) is 0 Å². The lowest BCUT2D eigenvalue weighted by atomic mass is 10.0. The molecule has 1 heterocycles. The van der Waals surface area contributed by atoms with E-state index in [1.165, 1.54) is 14.0 Å². The van der Waals surface area contributed by atoms with Crippen LogP contribution < -0.4 is 4.74 Å². The first-order valence-electron chi connectivity index (χ1n) is 11.3. The maximum Gasteiger partial charge on any atom is 0.305 e. The third kappa shape index (κ3) is 8.92. The highest BCUT2D eigenvalue weighted by molar-refractivity contribution is 8.22. The van der Waals surface area contributed by atoms with Crippen LogP contribution in [-0.4, -0.2) is 68.4 Å². The Labute approximate surface area is 210 Å². The number of phenolic OH excluding ortho intramolecular Hbond substituents is 1. The smallest absolute Gasteiger partial charge is 0.305 e. The number of carbonyl (C=O) groups excluding carboxylic acids is 2. The van der Waals surface area contributed by atoms with E-state index in [-0.39, 0.29) is 28.2 Å². The molecular formula is C24H36O6S3. The molecule has 0 saturated carbocycles. The van der Waals surface area contributed by atoms with Gasteiger partial charge in [0.2, 0.25) is 0 Å². The molecule has 0 bridgehead atoms. The number of carbonyl (C=O) groups is 2. The van der Waals surface area contributed by atoms with E-state index < -0.39 is 6.10 Å². The molecule has 3 unspecified atom stereocenters. The summed E-state index contributed by atoms with van der Waals surface area (Å²) in [7, 11) is 1.42. The normalized spacial score (nSPS) is 21.1. The van der Waals surface area contributed by atoms with Crippen molar-refractivity contribution in [3.63, 3.8) is 0 Å². The van der Waals surface area contributed by atoms with Gasteiger partial charge in [0.25, 0.3) is 0 Å². The molecule has 0 aliphatic carbocycles. The van der Waals surface area contributed by atoms with E-state index in [0.29, 0.717) is 40.7 Å². The molecule has 0 aromatic heterocycles. The van der Waals surface area contributed by atoms with Gasteiger partial charge in [0.1, 0.15) is 18.1 Å². The fraction of sp³-hybridized carbons (Fsp3) is 0.667. The lowest BCUT2D eigenvalue weighted by Gasteiger charge is -2.22. The average molecular weight is 517 g/mol. The van der Waals surface area contributed by atoms with Crippen LogP contribution in [0.15, 0.2) is 12.1 Å². The quantitative estimate of drug-likeness (QED) is 0.264. The minimum absolute atomic E-state index is 0.0175. The zero-order valence-corrected chi connectivity index (χ0v) is 22.4. The van der Waals surface area contributed by atoms with Crippen molar-refractivity contribution in [2.45, 2.75) is 68.3 Å². The molecule has 1 aromatic rings. The summed E-state index contributed by atoms with van der Waals surface area (Å²) in [6.45, 7) is 5.81. The van der Waals surface area contributed by atoms with E-state index in [9.17, 15) is 19.8 Å². The number of ketones is 1. The number of thioether (sulfide) groups is 3. The predicted octanol–water partition coefficient (Wildman–Crippen LogP) is 4.93. The van der Waals surface area contributed by atoms with Crippen molar-refractivity contribution in [3.05, 3.63) is 23.3 Å². The zero-order valence-electron chi connectivity index (χ0n) is 19.9. The summed E-state index contributed by atoms with van der Waals surface area (Å²) in [5.41, 5.74) is 0.919. The Morgan fingerprint density at radius 1 is 1.36 bits per heavy atom. The van der Waals surface area contributed by atoms with Gasteiger partial charge in [0.15, 0.2) is 5.78 Å². The number of rotatable bonds is 14. The predicted molar refractivity (Wildman–Crippen MR) is 139 cm³/mol. The zero-order chi connectivity index (χ0) is 24.4. The Morgan fingerprint density at radius 2 is 2.12 bits per heavy atom. The van der Waals surface area contributed by atoms with Gasteiger partial charge in [-0.05, 0) is 45.2 Å². The number of phenols is 1. The molecule has 0 amide bonds. The van der Waals surface area contributed by atoms with Crippen LogP contribution in [0.3, 0.4) is 0 Å². The van der Waals surface area contributed by atoms with Gasteiger partial charge in [0.05, 0.1) is 22.9 Å². The standard InChI is InChI=1S/C24H36O6S3/c1-5-7-20-21(10-9-19(16(2)25)23(20)28)30-12-17(26)13-31-14-18-15-32-24(3,33-18)11-6-8-22(27)29-4/h9-10,17-18,26,28H,5-8,11-15H2,1-4H3. The van der Waals surface area contributed by atoms with Crippen molar-refractivity contribution >= 4 is 47.0 Å². The largest absolute Gasteiger partial charge is 0.507 e. The van der Waals surface area contributed by atoms with Gasteiger partial charge in [0, 0.05) is 34.5 Å². The monoisotopic (exact) mass is 516 g/mol. The molecule has 2 N–H and O–H groups in total. The average Bonchev–Trinajstić information content (AvgIpc) is 3.14. The second kappa shape index (κ2) is 13.8.